The van der Waals surface area contributed by atoms with Crippen molar-refractivity contribution in [3.05, 3.63) is 58.1 Å². The first kappa shape index (κ1) is 28.0. The van der Waals surface area contributed by atoms with Gasteiger partial charge in [0.1, 0.15) is 5.75 Å². The third-order valence-corrected chi connectivity index (χ3v) is 11.3. The van der Waals surface area contributed by atoms with Crippen LogP contribution in [0.5, 0.6) is 5.75 Å². The van der Waals surface area contributed by atoms with Crippen molar-refractivity contribution in [3.8, 4) is 5.75 Å². The molecule has 2 bridgehead atoms. The predicted octanol–water partition coefficient (Wildman–Crippen LogP) is 6.96. The van der Waals surface area contributed by atoms with E-state index in [2.05, 4.69) is 28.3 Å². The number of halogens is 1. The van der Waals surface area contributed by atoms with E-state index in [4.69, 9.17) is 21.1 Å². The van der Waals surface area contributed by atoms with Gasteiger partial charge in [-0.05, 0) is 91.8 Å². The highest BCUT2D eigenvalue weighted by Gasteiger charge is 2.44. The fourth-order valence-corrected chi connectivity index (χ4v) is 8.74. The molecule has 2 aliphatic carbocycles. The van der Waals surface area contributed by atoms with Crippen molar-refractivity contribution in [3.63, 3.8) is 0 Å². The molecule has 1 fully saturated rings. The predicted molar refractivity (Wildman–Crippen MR) is 160 cm³/mol. The fourth-order valence-electron chi connectivity index (χ4n) is 7.52. The number of amides is 1. The van der Waals surface area contributed by atoms with Gasteiger partial charge in [-0.25, -0.2) is 0 Å². The zero-order valence-electron chi connectivity index (χ0n) is 23.6. The Morgan fingerprint density at radius 2 is 2.00 bits per heavy atom. The lowest BCUT2D eigenvalue weighted by molar-refractivity contribution is -0.0223. The van der Waals surface area contributed by atoms with Gasteiger partial charge in [0.25, 0.3) is 5.91 Å². The summed E-state index contributed by atoms with van der Waals surface area (Å²) in [6.45, 7) is 4.38. The summed E-state index contributed by atoms with van der Waals surface area (Å²) in [6.07, 6.45) is 8.75. The first-order valence-corrected chi connectivity index (χ1v) is 16.5. The first-order chi connectivity index (χ1) is 19.3. The molecule has 2 aliphatic heterocycles. The fraction of sp³-hybridized carbons (Fsp3) is 0.594. The topological polar surface area (TPSA) is 68.2 Å². The molecule has 2 aromatic carbocycles. The second kappa shape index (κ2) is 11.7. The molecule has 0 N–H and O–H groups in total. The lowest BCUT2D eigenvalue weighted by Gasteiger charge is -2.46. The van der Waals surface area contributed by atoms with E-state index in [9.17, 15) is 9.00 Å². The van der Waals surface area contributed by atoms with E-state index >= 15 is 0 Å². The molecule has 1 spiro atoms. The van der Waals surface area contributed by atoms with Crippen LogP contribution in [0, 0.1) is 17.8 Å². The zero-order valence-corrected chi connectivity index (χ0v) is 25.1. The number of hydrogen-bond donors (Lipinski definition) is 0. The maximum atomic E-state index is 13.2. The van der Waals surface area contributed by atoms with Crippen LogP contribution in [0.3, 0.4) is 0 Å². The number of rotatable bonds is 1. The molecule has 5 atom stereocenters. The molecule has 4 aliphatic rings. The lowest BCUT2D eigenvalue weighted by Crippen LogP contribution is -2.49. The van der Waals surface area contributed by atoms with Crippen LogP contribution >= 0.6 is 11.6 Å². The summed E-state index contributed by atoms with van der Waals surface area (Å²) < 4.78 is 29.5. The molecule has 8 heteroatoms. The lowest BCUT2D eigenvalue weighted by atomic mass is 9.68. The van der Waals surface area contributed by atoms with Crippen molar-refractivity contribution in [2.45, 2.75) is 69.8 Å². The van der Waals surface area contributed by atoms with Crippen LogP contribution in [0.2, 0.25) is 5.02 Å². The number of benzene rings is 2. The normalized spacial score (nSPS) is 31.3. The highest BCUT2D eigenvalue weighted by molar-refractivity contribution is 7.75. The Hall–Kier alpha value is -2.09. The number of carbonyl (C=O) groups is 1. The van der Waals surface area contributed by atoms with Gasteiger partial charge in [0.05, 0.1) is 18.4 Å². The van der Waals surface area contributed by atoms with Crippen LogP contribution in [0.1, 0.15) is 73.4 Å². The molecule has 1 amide bonds. The SMILES string of the molecule is CO[C@H]1CCC[C@H](C)C[S-](=O)=NC(=O)c2ccc3c(c2)N(C[C@@H]2CC[C@H]21)C[C@@]1(CCCc2cc(Cl)ccc21)CO3. The van der Waals surface area contributed by atoms with E-state index in [0.717, 1.165) is 68.1 Å². The summed E-state index contributed by atoms with van der Waals surface area (Å²) in [7, 11) is 0.302. The van der Waals surface area contributed by atoms with E-state index in [1.54, 1.807) is 6.07 Å². The number of carbonyl (C=O) groups excluding carboxylic acids is 1. The molecular formula is C32H40ClN2O4S-. The van der Waals surface area contributed by atoms with Crippen LogP contribution in [-0.4, -0.2) is 44.6 Å². The van der Waals surface area contributed by atoms with Gasteiger partial charge in [0.2, 0.25) is 0 Å². The Morgan fingerprint density at radius 3 is 2.80 bits per heavy atom. The summed E-state index contributed by atoms with van der Waals surface area (Å²) in [5, 5.41) is 0.778. The maximum Gasteiger partial charge on any atom is 0.254 e. The quantitative estimate of drug-likeness (QED) is 0.339. The van der Waals surface area contributed by atoms with Crippen molar-refractivity contribution >= 4 is 33.8 Å². The smallest absolute Gasteiger partial charge is 0.254 e. The van der Waals surface area contributed by atoms with Crippen molar-refractivity contribution in [2.24, 2.45) is 22.1 Å². The minimum atomic E-state index is -1.55. The van der Waals surface area contributed by atoms with E-state index in [0.29, 0.717) is 29.8 Å². The molecule has 6 nitrogen and oxygen atoms in total. The summed E-state index contributed by atoms with van der Waals surface area (Å²) >= 11 is 6.41. The van der Waals surface area contributed by atoms with Gasteiger partial charge >= 0.3 is 0 Å². The number of fused-ring (bicyclic) bond motifs is 4. The molecule has 2 heterocycles. The van der Waals surface area contributed by atoms with E-state index in [1.165, 1.54) is 24.0 Å². The molecule has 0 radical (unpaired) electrons. The van der Waals surface area contributed by atoms with E-state index in [1.807, 2.05) is 25.3 Å². The van der Waals surface area contributed by atoms with Crippen molar-refractivity contribution in [2.75, 3.05) is 37.5 Å². The molecule has 0 saturated heterocycles. The van der Waals surface area contributed by atoms with Gasteiger partial charge in [0, 0.05) is 36.2 Å². The Balaban J connectivity index is 1.41. The summed E-state index contributed by atoms with van der Waals surface area (Å²) in [5.41, 5.74) is 3.88. The van der Waals surface area contributed by atoms with Gasteiger partial charge in [-0.15, -0.1) is 0 Å². The Labute approximate surface area is 245 Å². The van der Waals surface area contributed by atoms with Crippen molar-refractivity contribution in [1.29, 1.82) is 0 Å². The molecule has 1 saturated carbocycles. The highest BCUT2D eigenvalue weighted by atomic mass is 35.5. The van der Waals surface area contributed by atoms with Crippen LogP contribution in [0.25, 0.3) is 0 Å². The van der Waals surface area contributed by atoms with Crippen LogP contribution in [-0.2, 0) is 31.4 Å². The number of aryl methyl sites for hydroxylation is 1. The van der Waals surface area contributed by atoms with Gasteiger partial charge < -0.3 is 22.9 Å². The number of nitrogens with zero attached hydrogens (tertiary/aromatic N) is 2. The zero-order chi connectivity index (χ0) is 27.9. The second-order valence-electron chi connectivity index (χ2n) is 12.5. The first-order valence-electron chi connectivity index (χ1n) is 14.8. The van der Waals surface area contributed by atoms with Gasteiger partial charge in [-0.1, -0.05) is 49.1 Å². The molecule has 216 valence electrons. The summed E-state index contributed by atoms with van der Waals surface area (Å²) in [4.78, 5) is 15.6. The second-order valence-corrected chi connectivity index (χ2v) is 14.1. The third-order valence-electron chi connectivity index (χ3n) is 9.79. The van der Waals surface area contributed by atoms with E-state index < -0.39 is 16.5 Å². The van der Waals surface area contributed by atoms with Gasteiger partial charge in [0.15, 0.2) is 0 Å². The Kier molecular flexibility index (Phi) is 8.17. The molecular weight excluding hydrogens is 544 g/mol. The molecule has 6 rings (SSSR count). The average molecular weight is 584 g/mol. The number of methoxy groups -OCH3 is 1. The Bertz CT molecular complexity index is 1360. The third kappa shape index (κ3) is 5.54. The average Bonchev–Trinajstić information content (AvgIpc) is 3.06. The van der Waals surface area contributed by atoms with Crippen LogP contribution in [0.15, 0.2) is 40.8 Å². The number of anilines is 1. The molecule has 2 aromatic rings. The molecule has 0 unspecified atom stereocenters. The van der Waals surface area contributed by atoms with Crippen LogP contribution in [0.4, 0.5) is 5.69 Å². The van der Waals surface area contributed by atoms with Crippen molar-refractivity contribution < 1.29 is 18.5 Å². The van der Waals surface area contributed by atoms with Gasteiger partial charge in [-0.3, -0.25) is 4.79 Å². The van der Waals surface area contributed by atoms with Gasteiger partial charge in [-0.2, -0.15) is 10.6 Å². The number of hydrogen-bond acceptors (Lipinski definition) is 6. The Morgan fingerprint density at radius 1 is 1.12 bits per heavy atom. The molecule has 40 heavy (non-hydrogen) atoms. The molecule has 0 aromatic heterocycles. The van der Waals surface area contributed by atoms with Crippen molar-refractivity contribution in [1.82, 2.24) is 0 Å². The monoisotopic (exact) mass is 583 g/mol. The minimum Gasteiger partial charge on any atom is -0.490 e. The summed E-state index contributed by atoms with van der Waals surface area (Å²) in [6, 6.07) is 11.9. The largest absolute Gasteiger partial charge is 0.490 e. The highest BCUT2D eigenvalue weighted by Crippen LogP contribution is 2.47. The summed E-state index contributed by atoms with van der Waals surface area (Å²) in [5.74, 6) is 2.05. The maximum absolute atomic E-state index is 13.2. The number of ether oxygens (including phenoxy) is 2. The van der Waals surface area contributed by atoms with E-state index in [-0.39, 0.29) is 17.4 Å². The standard InChI is InChI=1S/C32H40ClN2O4S/c1-21-5-3-7-29(38-2)26-11-8-24(26)17-35-19-32(14-4-6-22-15-25(33)10-12-27(22)32)20-39-30-13-9-23(16-28(30)35)31(36)34-40(37)18-21/h9-10,12-13,15-16,21,24,26,29H,3-8,11,14,17-20H2,1-2H3/q-1/t21-,24-,26+,29-,32-/m0/s1. The minimum absolute atomic E-state index is 0.163. The van der Waals surface area contributed by atoms with Crippen LogP contribution < -0.4 is 9.64 Å².